The SMILES string of the molecule is CCCNC(=O)c1ccc(OCc2c(-c3ccccn3)noc2C)nn1. The third kappa shape index (κ3) is 4.02. The van der Waals surface area contributed by atoms with Gasteiger partial charge in [0.2, 0.25) is 5.88 Å². The average Bonchev–Trinajstić information content (AvgIpc) is 3.06. The molecule has 26 heavy (non-hydrogen) atoms. The predicted molar refractivity (Wildman–Crippen MR) is 93.5 cm³/mol. The molecule has 0 spiro atoms. The van der Waals surface area contributed by atoms with E-state index in [0.717, 1.165) is 12.0 Å². The van der Waals surface area contributed by atoms with E-state index in [0.29, 0.717) is 29.6 Å². The maximum Gasteiger partial charge on any atom is 0.271 e. The fraction of sp³-hybridized carbons (Fsp3) is 0.278. The number of aromatic nitrogens is 4. The standard InChI is InChI=1S/C18H19N5O3/c1-3-9-20-18(24)15-7-8-16(22-21-15)25-11-13-12(2)26-23-17(13)14-6-4-5-10-19-14/h4-8,10H,3,9,11H2,1-2H3,(H,20,24). The highest BCUT2D eigenvalue weighted by Crippen LogP contribution is 2.24. The smallest absolute Gasteiger partial charge is 0.271 e. The van der Waals surface area contributed by atoms with Crippen molar-refractivity contribution in [2.75, 3.05) is 6.54 Å². The number of hydrogen-bond acceptors (Lipinski definition) is 7. The molecule has 0 atom stereocenters. The molecule has 8 heteroatoms. The van der Waals surface area contributed by atoms with Gasteiger partial charge in [0.05, 0.1) is 11.3 Å². The van der Waals surface area contributed by atoms with Crippen LogP contribution in [0, 0.1) is 6.92 Å². The lowest BCUT2D eigenvalue weighted by atomic mass is 10.1. The van der Waals surface area contributed by atoms with Gasteiger partial charge in [-0.1, -0.05) is 18.1 Å². The molecule has 0 unspecified atom stereocenters. The van der Waals surface area contributed by atoms with Crippen LogP contribution in [0.1, 0.15) is 35.2 Å². The first-order chi connectivity index (χ1) is 12.7. The minimum atomic E-state index is -0.252. The average molecular weight is 353 g/mol. The van der Waals surface area contributed by atoms with Crippen molar-refractivity contribution in [2.45, 2.75) is 26.9 Å². The highest BCUT2D eigenvalue weighted by atomic mass is 16.5. The molecule has 0 radical (unpaired) electrons. The maximum atomic E-state index is 11.8. The van der Waals surface area contributed by atoms with Gasteiger partial charge in [-0.3, -0.25) is 9.78 Å². The third-order valence-corrected chi connectivity index (χ3v) is 3.66. The Hall–Kier alpha value is -3.29. The van der Waals surface area contributed by atoms with Crippen molar-refractivity contribution in [3.63, 3.8) is 0 Å². The summed E-state index contributed by atoms with van der Waals surface area (Å²) >= 11 is 0. The summed E-state index contributed by atoms with van der Waals surface area (Å²) in [5.41, 5.74) is 2.37. The number of nitrogens with zero attached hydrogens (tertiary/aromatic N) is 4. The minimum absolute atomic E-state index is 0.206. The van der Waals surface area contributed by atoms with Crippen LogP contribution in [0.15, 0.2) is 41.1 Å². The molecule has 3 rings (SSSR count). The Bertz CT molecular complexity index is 862. The van der Waals surface area contributed by atoms with Crippen LogP contribution >= 0.6 is 0 Å². The van der Waals surface area contributed by atoms with Gasteiger partial charge in [0.25, 0.3) is 5.91 Å². The summed E-state index contributed by atoms with van der Waals surface area (Å²) in [6.45, 7) is 4.60. The number of pyridine rings is 1. The van der Waals surface area contributed by atoms with E-state index in [1.165, 1.54) is 0 Å². The zero-order valence-corrected chi connectivity index (χ0v) is 14.6. The molecule has 0 aliphatic heterocycles. The summed E-state index contributed by atoms with van der Waals surface area (Å²) in [7, 11) is 0. The molecule has 0 aliphatic rings. The number of amides is 1. The summed E-state index contributed by atoms with van der Waals surface area (Å²) in [6, 6.07) is 8.75. The van der Waals surface area contributed by atoms with Gasteiger partial charge in [0.1, 0.15) is 18.1 Å². The molecule has 0 saturated heterocycles. The Morgan fingerprint density at radius 1 is 1.23 bits per heavy atom. The zero-order valence-electron chi connectivity index (χ0n) is 14.6. The fourth-order valence-corrected chi connectivity index (χ4v) is 2.26. The van der Waals surface area contributed by atoms with Crippen molar-refractivity contribution in [1.29, 1.82) is 0 Å². The highest BCUT2D eigenvalue weighted by molar-refractivity contribution is 5.92. The Kier molecular flexibility index (Phi) is 5.52. The topological polar surface area (TPSA) is 103 Å². The largest absolute Gasteiger partial charge is 0.472 e. The Labute approximate surface area is 150 Å². The van der Waals surface area contributed by atoms with Crippen LogP contribution in [-0.4, -0.2) is 32.8 Å². The van der Waals surface area contributed by atoms with Crippen molar-refractivity contribution >= 4 is 5.91 Å². The van der Waals surface area contributed by atoms with Gasteiger partial charge >= 0.3 is 0 Å². The molecule has 0 fully saturated rings. The van der Waals surface area contributed by atoms with Crippen LogP contribution in [0.3, 0.4) is 0 Å². The van der Waals surface area contributed by atoms with E-state index < -0.39 is 0 Å². The second kappa shape index (κ2) is 8.19. The van der Waals surface area contributed by atoms with E-state index in [4.69, 9.17) is 9.26 Å². The maximum absolute atomic E-state index is 11.8. The molecule has 0 saturated carbocycles. The van der Waals surface area contributed by atoms with E-state index in [2.05, 4.69) is 25.7 Å². The van der Waals surface area contributed by atoms with E-state index >= 15 is 0 Å². The van der Waals surface area contributed by atoms with Gasteiger partial charge in [-0.25, -0.2) is 0 Å². The van der Waals surface area contributed by atoms with Gasteiger partial charge in [-0.2, -0.15) is 0 Å². The number of nitrogens with one attached hydrogen (secondary N) is 1. The van der Waals surface area contributed by atoms with Crippen molar-refractivity contribution in [1.82, 2.24) is 25.7 Å². The highest BCUT2D eigenvalue weighted by Gasteiger charge is 2.16. The van der Waals surface area contributed by atoms with Gasteiger partial charge in [0.15, 0.2) is 5.69 Å². The molecular weight excluding hydrogens is 334 g/mol. The molecule has 0 bridgehead atoms. The second-order valence-corrected chi connectivity index (χ2v) is 5.58. The molecule has 1 N–H and O–H groups in total. The van der Waals surface area contributed by atoms with E-state index in [-0.39, 0.29) is 18.2 Å². The fourth-order valence-electron chi connectivity index (χ4n) is 2.26. The Morgan fingerprint density at radius 3 is 2.81 bits per heavy atom. The van der Waals surface area contributed by atoms with Gasteiger partial charge in [-0.05, 0) is 31.5 Å². The first kappa shape index (κ1) is 17.5. The molecule has 0 aliphatic carbocycles. The van der Waals surface area contributed by atoms with Crippen molar-refractivity contribution < 1.29 is 14.1 Å². The normalized spacial score (nSPS) is 10.5. The van der Waals surface area contributed by atoms with E-state index in [9.17, 15) is 4.79 Å². The molecule has 1 amide bonds. The number of aryl methyl sites for hydroxylation is 1. The third-order valence-electron chi connectivity index (χ3n) is 3.66. The molecule has 3 heterocycles. The lowest BCUT2D eigenvalue weighted by molar-refractivity contribution is 0.0947. The minimum Gasteiger partial charge on any atom is -0.472 e. The molecule has 3 aromatic heterocycles. The molecule has 0 aromatic carbocycles. The first-order valence-corrected chi connectivity index (χ1v) is 8.30. The van der Waals surface area contributed by atoms with Crippen molar-refractivity contribution in [2.24, 2.45) is 0 Å². The predicted octanol–water partition coefficient (Wildman–Crippen LogP) is 2.55. The van der Waals surface area contributed by atoms with Crippen LogP contribution in [0.2, 0.25) is 0 Å². The quantitative estimate of drug-likeness (QED) is 0.696. The summed E-state index contributed by atoms with van der Waals surface area (Å²) in [5.74, 6) is 0.706. The lowest BCUT2D eigenvalue weighted by Crippen LogP contribution is -2.25. The molecule has 3 aromatic rings. The van der Waals surface area contributed by atoms with Crippen LogP contribution in [-0.2, 0) is 6.61 Å². The van der Waals surface area contributed by atoms with Crippen LogP contribution in [0.5, 0.6) is 5.88 Å². The van der Waals surface area contributed by atoms with Crippen molar-refractivity contribution in [3.05, 3.63) is 53.5 Å². The van der Waals surface area contributed by atoms with Crippen LogP contribution < -0.4 is 10.1 Å². The number of carbonyl (C=O) groups is 1. The van der Waals surface area contributed by atoms with Gasteiger partial charge in [-0.15, -0.1) is 10.2 Å². The van der Waals surface area contributed by atoms with E-state index in [1.54, 1.807) is 18.3 Å². The summed E-state index contributed by atoms with van der Waals surface area (Å²) in [4.78, 5) is 16.1. The summed E-state index contributed by atoms with van der Waals surface area (Å²) in [6.07, 6.45) is 2.55. The Morgan fingerprint density at radius 2 is 2.12 bits per heavy atom. The van der Waals surface area contributed by atoms with Gasteiger partial charge < -0.3 is 14.6 Å². The molecule has 8 nitrogen and oxygen atoms in total. The summed E-state index contributed by atoms with van der Waals surface area (Å²) in [5, 5.41) is 14.6. The van der Waals surface area contributed by atoms with Crippen molar-refractivity contribution in [3.8, 4) is 17.3 Å². The van der Waals surface area contributed by atoms with Crippen LogP contribution in [0.25, 0.3) is 11.4 Å². The first-order valence-electron chi connectivity index (χ1n) is 8.30. The monoisotopic (exact) mass is 353 g/mol. The zero-order chi connectivity index (χ0) is 18.4. The number of ether oxygens (including phenoxy) is 1. The number of hydrogen-bond donors (Lipinski definition) is 1. The number of carbonyl (C=O) groups excluding carboxylic acids is 1. The summed E-state index contributed by atoms with van der Waals surface area (Å²) < 4.78 is 10.9. The second-order valence-electron chi connectivity index (χ2n) is 5.58. The molecule has 134 valence electrons. The Balaban J connectivity index is 1.68. The lowest BCUT2D eigenvalue weighted by Gasteiger charge is -2.06. The van der Waals surface area contributed by atoms with E-state index in [1.807, 2.05) is 32.0 Å². The molecular formula is C18H19N5O3. The number of rotatable bonds is 7. The van der Waals surface area contributed by atoms with Crippen LogP contribution in [0.4, 0.5) is 0 Å². The van der Waals surface area contributed by atoms with Gasteiger partial charge in [0, 0.05) is 18.8 Å².